The lowest BCUT2D eigenvalue weighted by atomic mass is 10.0. The maximum absolute atomic E-state index is 12.2. The van der Waals surface area contributed by atoms with Crippen LogP contribution in [-0.4, -0.2) is 18.6 Å². The van der Waals surface area contributed by atoms with Crippen LogP contribution in [0.3, 0.4) is 0 Å². The van der Waals surface area contributed by atoms with Crippen molar-refractivity contribution in [3.8, 4) is 5.75 Å². The Balaban J connectivity index is 1.70. The highest BCUT2D eigenvalue weighted by molar-refractivity contribution is 5.82. The van der Waals surface area contributed by atoms with Crippen molar-refractivity contribution in [3.63, 3.8) is 0 Å². The standard InChI is InChI=1S/C24H27NO3/c1-4-25(16(2)17-7-6-10-21(11-17)27-3)15-20-14-24(26)28-23-13-19-9-5-8-18(19)12-22(20)23/h6-7,10-14,16H,4-5,8-9,15H2,1-3H3. The number of fused-ring (bicyclic) bond motifs is 2. The van der Waals surface area contributed by atoms with Gasteiger partial charge in [0.05, 0.1) is 7.11 Å². The van der Waals surface area contributed by atoms with Crippen LogP contribution in [0, 0.1) is 0 Å². The summed E-state index contributed by atoms with van der Waals surface area (Å²) in [4.78, 5) is 14.6. The molecule has 0 radical (unpaired) electrons. The van der Waals surface area contributed by atoms with Crippen LogP contribution in [0.4, 0.5) is 0 Å². The van der Waals surface area contributed by atoms with Crippen molar-refractivity contribution >= 4 is 11.0 Å². The Bertz CT molecular complexity index is 1050. The first-order valence-electron chi connectivity index (χ1n) is 10.1. The molecule has 1 aliphatic rings. The van der Waals surface area contributed by atoms with Gasteiger partial charge in [-0.05, 0) is 79.3 Å². The van der Waals surface area contributed by atoms with Gasteiger partial charge in [0.15, 0.2) is 0 Å². The summed E-state index contributed by atoms with van der Waals surface area (Å²) < 4.78 is 10.9. The van der Waals surface area contributed by atoms with Crippen molar-refractivity contribution in [2.45, 2.75) is 45.7 Å². The van der Waals surface area contributed by atoms with Gasteiger partial charge in [-0.3, -0.25) is 4.90 Å². The van der Waals surface area contributed by atoms with Crippen LogP contribution in [0.25, 0.3) is 11.0 Å². The lowest BCUT2D eigenvalue weighted by Gasteiger charge is -2.29. The number of aryl methyl sites for hydroxylation is 2. The van der Waals surface area contributed by atoms with Gasteiger partial charge < -0.3 is 9.15 Å². The van der Waals surface area contributed by atoms with E-state index in [-0.39, 0.29) is 11.7 Å². The molecule has 4 nitrogen and oxygen atoms in total. The number of nitrogens with zero attached hydrogens (tertiary/aromatic N) is 1. The highest BCUT2D eigenvalue weighted by atomic mass is 16.5. The molecular weight excluding hydrogens is 350 g/mol. The third kappa shape index (κ3) is 3.57. The van der Waals surface area contributed by atoms with E-state index in [1.807, 2.05) is 12.1 Å². The average Bonchev–Trinajstić information content (AvgIpc) is 3.17. The minimum absolute atomic E-state index is 0.205. The third-order valence-corrected chi connectivity index (χ3v) is 5.95. The highest BCUT2D eigenvalue weighted by Gasteiger charge is 2.19. The highest BCUT2D eigenvalue weighted by Crippen LogP contribution is 2.31. The van der Waals surface area contributed by atoms with E-state index >= 15 is 0 Å². The number of methoxy groups -OCH3 is 1. The molecule has 0 aliphatic heterocycles. The zero-order valence-electron chi connectivity index (χ0n) is 16.8. The first-order chi connectivity index (χ1) is 13.6. The van der Waals surface area contributed by atoms with E-state index in [1.54, 1.807) is 13.2 Å². The number of benzene rings is 2. The largest absolute Gasteiger partial charge is 0.497 e. The molecular formula is C24H27NO3. The van der Waals surface area contributed by atoms with Gasteiger partial charge in [0.2, 0.25) is 0 Å². The van der Waals surface area contributed by atoms with Crippen LogP contribution >= 0.6 is 0 Å². The van der Waals surface area contributed by atoms with Crippen molar-refractivity contribution in [2.24, 2.45) is 0 Å². The summed E-state index contributed by atoms with van der Waals surface area (Å²) in [6.45, 7) is 5.94. The minimum Gasteiger partial charge on any atom is -0.497 e. The van der Waals surface area contributed by atoms with Crippen molar-refractivity contribution in [1.82, 2.24) is 4.90 Å². The monoisotopic (exact) mass is 377 g/mol. The van der Waals surface area contributed by atoms with Crippen molar-refractivity contribution in [1.29, 1.82) is 0 Å². The molecule has 28 heavy (non-hydrogen) atoms. The molecule has 1 atom stereocenters. The Morgan fingerprint density at radius 2 is 1.93 bits per heavy atom. The summed E-state index contributed by atoms with van der Waals surface area (Å²) >= 11 is 0. The molecule has 1 unspecified atom stereocenters. The Labute approximate surface area is 165 Å². The summed E-state index contributed by atoms with van der Waals surface area (Å²) in [7, 11) is 1.69. The van der Waals surface area contributed by atoms with Gasteiger partial charge >= 0.3 is 5.63 Å². The van der Waals surface area contributed by atoms with E-state index in [1.165, 1.54) is 23.1 Å². The number of hydrogen-bond acceptors (Lipinski definition) is 4. The predicted molar refractivity (Wildman–Crippen MR) is 112 cm³/mol. The fourth-order valence-corrected chi connectivity index (χ4v) is 4.28. The minimum atomic E-state index is -0.273. The molecule has 0 fully saturated rings. The van der Waals surface area contributed by atoms with Gasteiger partial charge in [-0.25, -0.2) is 4.79 Å². The second kappa shape index (κ2) is 7.80. The maximum atomic E-state index is 12.2. The molecule has 0 N–H and O–H groups in total. The lowest BCUT2D eigenvalue weighted by Crippen LogP contribution is -2.27. The molecule has 0 bridgehead atoms. The van der Waals surface area contributed by atoms with Crippen molar-refractivity contribution in [2.75, 3.05) is 13.7 Å². The fraction of sp³-hybridized carbons (Fsp3) is 0.375. The molecule has 1 aliphatic carbocycles. The van der Waals surface area contributed by atoms with Crippen LogP contribution < -0.4 is 10.4 Å². The predicted octanol–water partition coefficient (Wildman–Crippen LogP) is 4.87. The van der Waals surface area contributed by atoms with E-state index < -0.39 is 0 Å². The third-order valence-electron chi connectivity index (χ3n) is 5.95. The van der Waals surface area contributed by atoms with E-state index in [9.17, 15) is 4.79 Å². The molecule has 1 aromatic heterocycles. The van der Waals surface area contributed by atoms with E-state index in [2.05, 4.69) is 43.0 Å². The first-order valence-corrected chi connectivity index (χ1v) is 10.1. The van der Waals surface area contributed by atoms with E-state index in [0.29, 0.717) is 12.1 Å². The molecule has 0 saturated heterocycles. The number of ether oxygens (including phenoxy) is 1. The van der Waals surface area contributed by atoms with Gasteiger partial charge in [0, 0.05) is 24.0 Å². The smallest absolute Gasteiger partial charge is 0.336 e. The molecule has 4 rings (SSSR count). The van der Waals surface area contributed by atoms with Gasteiger partial charge in [-0.15, -0.1) is 0 Å². The van der Waals surface area contributed by atoms with Gasteiger partial charge in [-0.2, -0.15) is 0 Å². The van der Waals surface area contributed by atoms with E-state index in [4.69, 9.17) is 9.15 Å². The molecule has 0 saturated carbocycles. The summed E-state index contributed by atoms with van der Waals surface area (Å²) in [6.07, 6.45) is 3.37. The maximum Gasteiger partial charge on any atom is 0.336 e. The molecule has 2 aromatic carbocycles. The molecule has 146 valence electrons. The Kier molecular flexibility index (Phi) is 5.23. The molecule has 0 amide bonds. The molecule has 1 heterocycles. The van der Waals surface area contributed by atoms with Crippen LogP contribution in [-0.2, 0) is 19.4 Å². The quantitative estimate of drug-likeness (QED) is 0.575. The van der Waals surface area contributed by atoms with Crippen molar-refractivity contribution < 1.29 is 9.15 Å². The SMILES string of the molecule is CCN(Cc1cc(=O)oc2cc3c(cc12)CCC3)C(C)c1cccc(OC)c1. The second-order valence-electron chi connectivity index (χ2n) is 7.58. The van der Waals surface area contributed by atoms with Crippen LogP contribution in [0.5, 0.6) is 5.75 Å². The summed E-state index contributed by atoms with van der Waals surface area (Å²) in [5.74, 6) is 0.863. The summed E-state index contributed by atoms with van der Waals surface area (Å²) in [6, 6.07) is 14.4. The zero-order chi connectivity index (χ0) is 19.7. The Morgan fingerprint density at radius 1 is 1.14 bits per heavy atom. The Morgan fingerprint density at radius 3 is 2.68 bits per heavy atom. The van der Waals surface area contributed by atoms with Gasteiger partial charge in [-0.1, -0.05) is 19.1 Å². The molecule has 3 aromatic rings. The summed E-state index contributed by atoms with van der Waals surface area (Å²) in [5, 5.41) is 1.07. The topological polar surface area (TPSA) is 42.7 Å². The molecule has 4 heteroatoms. The first kappa shape index (κ1) is 18.8. The lowest BCUT2D eigenvalue weighted by molar-refractivity contribution is 0.213. The summed E-state index contributed by atoms with van der Waals surface area (Å²) in [5.41, 5.74) is 5.40. The number of hydrogen-bond donors (Lipinski definition) is 0. The average molecular weight is 377 g/mol. The van der Waals surface area contributed by atoms with Gasteiger partial charge in [0.1, 0.15) is 11.3 Å². The number of rotatable bonds is 6. The van der Waals surface area contributed by atoms with Crippen LogP contribution in [0.2, 0.25) is 0 Å². The second-order valence-corrected chi connectivity index (χ2v) is 7.58. The van der Waals surface area contributed by atoms with E-state index in [0.717, 1.165) is 36.1 Å². The van der Waals surface area contributed by atoms with Crippen LogP contribution in [0.15, 0.2) is 51.7 Å². The molecule has 0 spiro atoms. The van der Waals surface area contributed by atoms with Crippen LogP contribution in [0.1, 0.15) is 48.6 Å². The normalized spacial score (nSPS) is 14.4. The zero-order valence-corrected chi connectivity index (χ0v) is 16.8. The Hall–Kier alpha value is -2.59. The van der Waals surface area contributed by atoms with Crippen molar-refractivity contribution in [3.05, 3.63) is 75.1 Å². The van der Waals surface area contributed by atoms with Gasteiger partial charge in [0.25, 0.3) is 0 Å². The fourth-order valence-electron chi connectivity index (χ4n) is 4.28.